The van der Waals surface area contributed by atoms with E-state index < -0.39 is 15.7 Å². The number of halogens is 1. The second-order valence-corrected chi connectivity index (χ2v) is 10.6. The monoisotopic (exact) mass is 460 g/mol. The molecule has 0 saturated carbocycles. The SMILES string of the molecule is O=S(=O)(CCCSc1nnc(N2CCCCC2)n1-c1ccccc1)c1ccc(F)cc1. The number of benzene rings is 2. The lowest BCUT2D eigenvalue weighted by Gasteiger charge is -2.27. The van der Waals surface area contributed by atoms with E-state index in [4.69, 9.17) is 0 Å². The number of hydrogen-bond donors (Lipinski definition) is 0. The Kier molecular flexibility index (Phi) is 6.92. The molecule has 2 aromatic carbocycles. The van der Waals surface area contributed by atoms with Crippen LogP contribution in [0.2, 0.25) is 0 Å². The second kappa shape index (κ2) is 9.82. The molecule has 9 heteroatoms. The van der Waals surface area contributed by atoms with E-state index in [1.807, 2.05) is 30.3 Å². The molecule has 3 aromatic rings. The highest BCUT2D eigenvalue weighted by Crippen LogP contribution is 2.28. The first-order chi connectivity index (χ1) is 15.0. The van der Waals surface area contributed by atoms with Crippen LogP contribution in [-0.4, -0.2) is 47.8 Å². The molecule has 1 aliphatic heterocycles. The molecular weight excluding hydrogens is 435 g/mol. The van der Waals surface area contributed by atoms with Crippen molar-refractivity contribution in [1.82, 2.24) is 14.8 Å². The van der Waals surface area contributed by atoms with E-state index in [0.29, 0.717) is 12.2 Å². The van der Waals surface area contributed by atoms with Gasteiger partial charge in [0.1, 0.15) is 5.82 Å². The fourth-order valence-electron chi connectivity index (χ4n) is 3.63. The van der Waals surface area contributed by atoms with E-state index in [9.17, 15) is 12.8 Å². The number of rotatable bonds is 8. The van der Waals surface area contributed by atoms with Gasteiger partial charge in [-0.15, -0.1) is 10.2 Å². The molecule has 1 aromatic heterocycles. The maximum Gasteiger partial charge on any atom is 0.232 e. The molecule has 6 nitrogen and oxygen atoms in total. The number of sulfone groups is 1. The quantitative estimate of drug-likeness (QED) is 0.283. The summed E-state index contributed by atoms with van der Waals surface area (Å²) in [5.74, 6) is 0.988. The number of aromatic nitrogens is 3. The topological polar surface area (TPSA) is 68.1 Å². The van der Waals surface area contributed by atoms with Gasteiger partial charge in [-0.2, -0.15) is 0 Å². The van der Waals surface area contributed by atoms with Crippen LogP contribution < -0.4 is 4.90 Å². The standard InChI is InChI=1S/C22H25FN4O2S2/c23-18-10-12-20(13-11-18)31(28,29)17-7-16-30-22-25-24-21(26-14-5-2-6-15-26)27(22)19-8-3-1-4-9-19/h1,3-4,8-13H,2,5-7,14-17H2. The molecule has 0 bridgehead atoms. The van der Waals surface area contributed by atoms with E-state index in [1.54, 1.807) is 0 Å². The van der Waals surface area contributed by atoms with Gasteiger partial charge < -0.3 is 4.90 Å². The zero-order valence-electron chi connectivity index (χ0n) is 17.2. The zero-order chi connectivity index (χ0) is 21.7. The number of hydrogen-bond acceptors (Lipinski definition) is 6. The number of piperidine rings is 1. The highest BCUT2D eigenvalue weighted by Gasteiger charge is 2.22. The van der Waals surface area contributed by atoms with Gasteiger partial charge in [0.25, 0.3) is 0 Å². The molecule has 0 spiro atoms. The highest BCUT2D eigenvalue weighted by atomic mass is 32.2. The van der Waals surface area contributed by atoms with Crippen LogP contribution in [0.1, 0.15) is 25.7 Å². The normalized spacial score (nSPS) is 14.7. The van der Waals surface area contributed by atoms with E-state index in [-0.39, 0.29) is 10.6 Å². The molecule has 0 amide bonds. The average Bonchev–Trinajstić information content (AvgIpc) is 3.22. The third kappa shape index (κ3) is 5.27. The Morgan fingerprint density at radius 2 is 1.65 bits per heavy atom. The summed E-state index contributed by atoms with van der Waals surface area (Å²) >= 11 is 1.50. The van der Waals surface area contributed by atoms with Crippen LogP contribution in [-0.2, 0) is 9.84 Å². The average molecular weight is 461 g/mol. The summed E-state index contributed by atoms with van der Waals surface area (Å²) in [5.41, 5.74) is 0.995. The molecule has 1 fully saturated rings. The number of thioether (sulfide) groups is 1. The number of nitrogens with zero attached hydrogens (tertiary/aromatic N) is 4. The van der Waals surface area contributed by atoms with Crippen LogP contribution in [0, 0.1) is 5.82 Å². The summed E-state index contributed by atoms with van der Waals surface area (Å²) in [6, 6.07) is 15.0. The van der Waals surface area contributed by atoms with E-state index >= 15 is 0 Å². The molecule has 0 atom stereocenters. The van der Waals surface area contributed by atoms with E-state index in [0.717, 1.165) is 42.7 Å². The van der Waals surface area contributed by atoms with Crippen molar-refractivity contribution in [3.63, 3.8) is 0 Å². The molecule has 0 aliphatic carbocycles. The molecule has 164 valence electrons. The Balaban J connectivity index is 1.46. The van der Waals surface area contributed by atoms with Gasteiger partial charge in [0.05, 0.1) is 16.3 Å². The minimum absolute atomic E-state index is 0.00406. The lowest BCUT2D eigenvalue weighted by Crippen LogP contribution is -2.31. The van der Waals surface area contributed by atoms with Crippen molar-refractivity contribution in [1.29, 1.82) is 0 Å². The minimum Gasteiger partial charge on any atom is -0.341 e. The molecule has 0 N–H and O–H groups in total. The van der Waals surface area contributed by atoms with Crippen LogP contribution in [0.25, 0.3) is 5.69 Å². The van der Waals surface area contributed by atoms with Crippen molar-refractivity contribution in [2.75, 3.05) is 29.5 Å². The van der Waals surface area contributed by atoms with Gasteiger partial charge in [-0.1, -0.05) is 30.0 Å². The van der Waals surface area contributed by atoms with E-state index in [1.165, 1.54) is 42.4 Å². The molecule has 31 heavy (non-hydrogen) atoms. The van der Waals surface area contributed by atoms with Gasteiger partial charge in [0.15, 0.2) is 15.0 Å². The highest BCUT2D eigenvalue weighted by molar-refractivity contribution is 7.99. The first kappa shape index (κ1) is 21.8. The fourth-order valence-corrected chi connectivity index (χ4v) is 6.01. The summed E-state index contributed by atoms with van der Waals surface area (Å²) in [4.78, 5) is 2.42. The van der Waals surface area contributed by atoms with Crippen molar-refractivity contribution in [2.45, 2.75) is 35.7 Å². The van der Waals surface area contributed by atoms with Gasteiger partial charge in [-0.3, -0.25) is 4.57 Å². The lowest BCUT2D eigenvalue weighted by atomic mass is 10.1. The third-order valence-electron chi connectivity index (χ3n) is 5.23. The summed E-state index contributed by atoms with van der Waals surface area (Å²) in [6.45, 7) is 1.93. The van der Waals surface area contributed by atoms with Crippen LogP contribution in [0.15, 0.2) is 64.6 Å². The zero-order valence-corrected chi connectivity index (χ0v) is 18.8. The molecular formula is C22H25FN4O2S2. The van der Waals surface area contributed by atoms with Crippen molar-refractivity contribution >= 4 is 27.5 Å². The Labute approximate surface area is 186 Å². The second-order valence-electron chi connectivity index (χ2n) is 7.48. The van der Waals surface area contributed by atoms with E-state index in [2.05, 4.69) is 19.7 Å². The molecule has 4 rings (SSSR count). The van der Waals surface area contributed by atoms with Crippen molar-refractivity contribution in [2.24, 2.45) is 0 Å². The van der Waals surface area contributed by atoms with Gasteiger partial charge >= 0.3 is 0 Å². The molecule has 0 radical (unpaired) electrons. The maximum absolute atomic E-state index is 13.1. The maximum atomic E-state index is 13.1. The van der Waals surface area contributed by atoms with Gasteiger partial charge in [0.2, 0.25) is 5.95 Å². The Hall–Kier alpha value is -2.39. The smallest absolute Gasteiger partial charge is 0.232 e. The predicted octanol–water partition coefficient (Wildman–Crippen LogP) is 4.35. The van der Waals surface area contributed by atoms with Gasteiger partial charge in [-0.25, -0.2) is 12.8 Å². The summed E-state index contributed by atoms with van der Waals surface area (Å²) in [7, 11) is -3.44. The molecule has 2 heterocycles. The Morgan fingerprint density at radius 1 is 0.935 bits per heavy atom. The van der Waals surface area contributed by atoms with Crippen molar-refractivity contribution < 1.29 is 12.8 Å². The first-order valence-corrected chi connectivity index (χ1v) is 13.1. The molecule has 1 saturated heterocycles. The number of anilines is 1. The Bertz CT molecular complexity index is 1100. The van der Waals surface area contributed by atoms with Gasteiger partial charge in [-0.05, 0) is 62.1 Å². The third-order valence-corrected chi connectivity index (χ3v) is 8.06. The largest absolute Gasteiger partial charge is 0.341 e. The minimum atomic E-state index is -3.44. The predicted molar refractivity (Wildman–Crippen MR) is 121 cm³/mol. The van der Waals surface area contributed by atoms with Crippen molar-refractivity contribution in [3.05, 3.63) is 60.4 Å². The van der Waals surface area contributed by atoms with Crippen LogP contribution in [0.4, 0.5) is 10.3 Å². The molecule has 1 aliphatic rings. The molecule has 0 unspecified atom stereocenters. The van der Waals surface area contributed by atoms with Crippen LogP contribution in [0.3, 0.4) is 0 Å². The summed E-state index contributed by atoms with van der Waals surface area (Å²) in [6.07, 6.45) is 3.99. The summed E-state index contributed by atoms with van der Waals surface area (Å²) in [5, 5.41) is 9.63. The first-order valence-electron chi connectivity index (χ1n) is 10.4. The van der Waals surface area contributed by atoms with Crippen LogP contribution >= 0.6 is 11.8 Å². The van der Waals surface area contributed by atoms with Gasteiger partial charge in [0, 0.05) is 18.8 Å². The van der Waals surface area contributed by atoms with Crippen molar-refractivity contribution in [3.8, 4) is 5.69 Å². The fraction of sp³-hybridized carbons (Fsp3) is 0.364. The Morgan fingerprint density at radius 3 is 2.35 bits per heavy atom. The lowest BCUT2D eigenvalue weighted by molar-refractivity contribution is 0.564. The summed E-state index contributed by atoms with van der Waals surface area (Å²) < 4.78 is 40.1. The number of para-hydroxylation sites is 1. The van der Waals surface area contributed by atoms with Crippen LogP contribution in [0.5, 0.6) is 0 Å².